The van der Waals surface area contributed by atoms with E-state index < -0.39 is 38.9 Å². The number of ether oxygens (including phenoxy) is 1. The molecule has 1 aromatic heterocycles. The smallest absolute Gasteiger partial charge is 0.385 e. The van der Waals surface area contributed by atoms with Gasteiger partial charge in [-0.05, 0) is 31.7 Å². The molecule has 0 amide bonds. The number of carbonyl (C=O) groups excluding carboxylic acids is 1. The maximum absolute atomic E-state index is 12.5. The molecule has 4 atom stereocenters. The molecule has 24 heavy (non-hydrogen) atoms. The summed E-state index contributed by atoms with van der Waals surface area (Å²) in [6.07, 6.45) is -0.584. The van der Waals surface area contributed by atoms with Crippen molar-refractivity contribution < 1.29 is 24.5 Å². The molecular weight excluding hydrogens is 340 g/mol. The number of hydrogen-bond donors (Lipinski definition) is 1. The molecule has 0 radical (unpaired) electrons. The predicted molar refractivity (Wildman–Crippen MR) is 84.1 cm³/mol. The van der Waals surface area contributed by atoms with E-state index in [-0.39, 0.29) is 19.4 Å². The third-order valence-corrected chi connectivity index (χ3v) is 5.47. The Balaban J connectivity index is 2.70. The van der Waals surface area contributed by atoms with Crippen molar-refractivity contribution in [1.82, 2.24) is 0 Å². The van der Waals surface area contributed by atoms with Crippen LogP contribution in [-0.2, 0) is 9.53 Å². The van der Waals surface area contributed by atoms with E-state index in [1.165, 1.54) is 19.9 Å². The summed E-state index contributed by atoms with van der Waals surface area (Å²) in [5, 5.41) is 35.6. The summed E-state index contributed by atoms with van der Waals surface area (Å²) in [4.78, 5) is 34.8. The van der Waals surface area contributed by atoms with Crippen LogP contribution in [0, 0.1) is 20.2 Å². The lowest BCUT2D eigenvalue weighted by atomic mass is 9.64. The van der Waals surface area contributed by atoms with Gasteiger partial charge in [-0.15, -0.1) is 11.3 Å². The zero-order valence-corrected chi connectivity index (χ0v) is 14.0. The summed E-state index contributed by atoms with van der Waals surface area (Å²) >= 11 is 1.08. The zero-order chi connectivity index (χ0) is 18.1. The second kappa shape index (κ2) is 6.44. The molecule has 1 saturated carbocycles. The van der Waals surface area contributed by atoms with Crippen LogP contribution in [-0.4, -0.2) is 44.7 Å². The average Bonchev–Trinajstić information content (AvgIpc) is 2.99. The highest BCUT2D eigenvalue weighted by molar-refractivity contribution is 7.10. The van der Waals surface area contributed by atoms with Crippen LogP contribution in [0.5, 0.6) is 0 Å². The van der Waals surface area contributed by atoms with E-state index >= 15 is 0 Å². The fourth-order valence-corrected chi connectivity index (χ4v) is 4.28. The summed E-state index contributed by atoms with van der Waals surface area (Å²) in [6.45, 7) is 2.71. The maximum atomic E-state index is 12.5. The van der Waals surface area contributed by atoms with E-state index in [2.05, 4.69) is 0 Å². The number of thiophene rings is 1. The molecule has 1 aromatic rings. The Morgan fingerprint density at radius 3 is 2.58 bits per heavy atom. The van der Waals surface area contributed by atoms with Gasteiger partial charge in [-0.2, -0.15) is 0 Å². The van der Waals surface area contributed by atoms with E-state index in [1.807, 2.05) is 0 Å². The number of rotatable bonds is 5. The molecular formula is C14H18N2O7S. The Hall–Kier alpha value is -2.07. The first kappa shape index (κ1) is 18.3. The SMILES string of the molecule is CCOC(=O)[C@]1([N+](=O)[O-])CC[C@](C)(O)[C@H]([N+](=O)[O-])[C@H]1c1cccs1. The van der Waals surface area contributed by atoms with Crippen LogP contribution in [0.15, 0.2) is 17.5 Å². The lowest BCUT2D eigenvalue weighted by Crippen LogP contribution is -2.65. The number of hydrogen-bond acceptors (Lipinski definition) is 8. The highest BCUT2D eigenvalue weighted by Gasteiger charge is 2.71. The van der Waals surface area contributed by atoms with Gasteiger partial charge in [-0.1, -0.05) is 6.07 Å². The molecule has 9 nitrogen and oxygen atoms in total. The number of carbonyl (C=O) groups is 1. The average molecular weight is 358 g/mol. The summed E-state index contributed by atoms with van der Waals surface area (Å²) < 4.78 is 4.89. The number of nitrogens with zero attached hydrogens (tertiary/aromatic N) is 2. The molecule has 1 heterocycles. The van der Waals surface area contributed by atoms with Crippen molar-refractivity contribution in [2.45, 2.75) is 49.8 Å². The molecule has 0 saturated heterocycles. The van der Waals surface area contributed by atoms with E-state index in [9.17, 15) is 30.1 Å². The monoisotopic (exact) mass is 358 g/mol. The van der Waals surface area contributed by atoms with Gasteiger partial charge in [0.15, 0.2) is 0 Å². The van der Waals surface area contributed by atoms with E-state index in [1.54, 1.807) is 11.4 Å². The van der Waals surface area contributed by atoms with Crippen LogP contribution in [0.2, 0.25) is 0 Å². The van der Waals surface area contributed by atoms with Gasteiger partial charge < -0.3 is 9.84 Å². The van der Waals surface area contributed by atoms with Gasteiger partial charge in [0.2, 0.25) is 0 Å². The standard InChI is InChI=1S/C14H18N2O7S/c1-3-23-12(17)14(16(21)22)7-6-13(2,18)11(15(19)20)10(14)9-5-4-8-24-9/h4-5,8,10-11,18H,3,6-7H2,1-2H3/t10-,11-,13+,14+/m1/s1. The Bertz CT molecular complexity index is 646. The molecule has 1 N–H and O–H groups in total. The first-order valence-corrected chi connectivity index (χ1v) is 8.27. The Labute approximate surface area is 141 Å². The minimum absolute atomic E-state index is 0.0783. The summed E-state index contributed by atoms with van der Waals surface area (Å²) in [5.41, 5.74) is -4.06. The van der Waals surface area contributed by atoms with E-state index in [0.717, 1.165) is 11.3 Å². The van der Waals surface area contributed by atoms with Gasteiger partial charge in [0.05, 0.1) is 6.61 Å². The van der Waals surface area contributed by atoms with Crippen molar-refractivity contribution in [3.8, 4) is 0 Å². The first-order valence-electron chi connectivity index (χ1n) is 7.39. The quantitative estimate of drug-likeness (QED) is 0.480. The number of aliphatic hydroxyl groups is 1. The number of esters is 1. The van der Waals surface area contributed by atoms with Crippen LogP contribution < -0.4 is 0 Å². The highest BCUT2D eigenvalue weighted by atomic mass is 32.1. The Kier molecular flexibility index (Phi) is 4.90. The minimum Gasteiger partial charge on any atom is -0.461 e. The summed E-state index contributed by atoms with van der Waals surface area (Å²) in [6, 6.07) is 1.40. The fraction of sp³-hybridized carbons (Fsp3) is 0.643. The summed E-state index contributed by atoms with van der Waals surface area (Å²) in [7, 11) is 0. The molecule has 1 aliphatic rings. The maximum Gasteiger partial charge on any atom is 0.385 e. The van der Waals surface area contributed by atoms with Crippen LogP contribution in [0.4, 0.5) is 0 Å². The second-order valence-electron chi connectivity index (χ2n) is 5.98. The van der Waals surface area contributed by atoms with Crippen molar-refractivity contribution >= 4 is 17.3 Å². The molecule has 0 spiro atoms. The molecule has 0 unspecified atom stereocenters. The van der Waals surface area contributed by atoms with Crippen molar-refractivity contribution in [3.63, 3.8) is 0 Å². The van der Waals surface area contributed by atoms with Crippen molar-refractivity contribution in [2.24, 2.45) is 0 Å². The van der Waals surface area contributed by atoms with E-state index in [4.69, 9.17) is 4.74 Å². The van der Waals surface area contributed by atoms with Gasteiger partial charge >= 0.3 is 11.5 Å². The third kappa shape index (κ3) is 2.75. The molecule has 132 valence electrons. The predicted octanol–water partition coefficient (Wildman–Crippen LogP) is 1.60. The lowest BCUT2D eigenvalue weighted by molar-refractivity contribution is -0.608. The highest BCUT2D eigenvalue weighted by Crippen LogP contribution is 2.49. The van der Waals surface area contributed by atoms with Crippen LogP contribution in [0.25, 0.3) is 0 Å². The third-order valence-electron chi connectivity index (χ3n) is 4.51. The Morgan fingerprint density at radius 1 is 1.46 bits per heavy atom. The Morgan fingerprint density at radius 2 is 2.12 bits per heavy atom. The van der Waals surface area contributed by atoms with Crippen molar-refractivity contribution in [1.29, 1.82) is 0 Å². The normalized spacial score (nSPS) is 33.0. The second-order valence-corrected chi connectivity index (χ2v) is 6.96. The van der Waals surface area contributed by atoms with Gasteiger partial charge in [0, 0.05) is 21.1 Å². The molecule has 1 aliphatic carbocycles. The van der Waals surface area contributed by atoms with Crippen LogP contribution in [0.3, 0.4) is 0 Å². The minimum atomic E-state index is -2.29. The first-order chi connectivity index (χ1) is 11.2. The summed E-state index contributed by atoms with van der Waals surface area (Å²) in [5.74, 6) is -2.51. The van der Waals surface area contributed by atoms with Crippen molar-refractivity contribution in [2.75, 3.05) is 6.61 Å². The largest absolute Gasteiger partial charge is 0.461 e. The molecule has 0 bridgehead atoms. The lowest BCUT2D eigenvalue weighted by Gasteiger charge is -2.42. The van der Waals surface area contributed by atoms with Crippen molar-refractivity contribution in [3.05, 3.63) is 42.6 Å². The molecule has 1 fully saturated rings. The van der Waals surface area contributed by atoms with Gasteiger partial charge in [-0.25, -0.2) is 4.79 Å². The van der Waals surface area contributed by atoms with Crippen LogP contribution in [0.1, 0.15) is 37.5 Å². The molecule has 2 rings (SSSR count). The molecule has 10 heteroatoms. The molecule has 0 aliphatic heterocycles. The van der Waals surface area contributed by atoms with E-state index in [0.29, 0.717) is 4.88 Å². The topological polar surface area (TPSA) is 133 Å². The van der Waals surface area contributed by atoms with Crippen LogP contribution >= 0.6 is 11.3 Å². The molecule has 0 aromatic carbocycles. The van der Waals surface area contributed by atoms with Gasteiger partial charge in [0.1, 0.15) is 11.5 Å². The van der Waals surface area contributed by atoms with Gasteiger partial charge in [0.25, 0.3) is 6.04 Å². The zero-order valence-electron chi connectivity index (χ0n) is 13.2. The van der Waals surface area contributed by atoms with Gasteiger partial charge in [-0.3, -0.25) is 20.2 Å². The number of nitro groups is 2. The fourth-order valence-electron chi connectivity index (χ4n) is 3.34.